The molecule has 1 saturated heterocycles. The van der Waals surface area contributed by atoms with Gasteiger partial charge in [-0.2, -0.15) is 0 Å². The summed E-state index contributed by atoms with van der Waals surface area (Å²) < 4.78 is 22.4. The van der Waals surface area contributed by atoms with Crippen LogP contribution in [0.2, 0.25) is 5.02 Å². The van der Waals surface area contributed by atoms with E-state index in [-0.39, 0.29) is 34.2 Å². The van der Waals surface area contributed by atoms with Crippen molar-refractivity contribution in [3.8, 4) is 16.8 Å². The number of halogens is 2. The highest BCUT2D eigenvalue weighted by atomic mass is 35.5. The number of nitrogens with one attached hydrogen (secondary N) is 1. The summed E-state index contributed by atoms with van der Waals surface area (Å²) in [6.45, 7) is 0. The average molecular weight is 451 g/mol. The minimum atomic E-state index is -0.606. The predicted molar refractivity (Wildman–Crippen MR) is 117 cm³/mol. The summed E-state index contributed by atoms with van der Waals surface area (Å²) in [4.78, 5) is 36.2. The number of hydrogen-bond donors (Lipinski definition) is 1. The summed E-state index contributed by atoms with van der Waals surface area (Å²) in [5.41, 5.74) is 1.40. The van der Waals surface area contributed by atoms with Gasteiger partial charge in [-0.1, -0.05) is 35.9 Å². The minimum Gasteiger partial charge on any atom is -0.462 e. The van der Waals surface area contributed by atoms with Crippen LogP contribution >= 0.6 is 11.6 Å². The second kappa shape index (κ2) is 7.76. The number of benzene rings is 2. The van der Waals surface area contributed by atoms with Crippen LogP contribution in [0.25, 0.3) is 27.8 Å². The van der Waals surface area contributed by atoms with E-state index in [1.807, 2.05) is 0 Å². The Kier molecular flexibility index (Phi) is 4.90. The van der Waals surface area contributed by atoms with Crippen LogP contribution in [0.3, 0.4) is 0 Å². The van der Waals surface area contributed by atoms with Crippen LogP contribution in [0.5, 0.6) is 0 Å². The number of aromatic nitrogens is 1. The molecule has 32 heavy (non-hydrogen) atoms. The lowest BCUT2D eigenvalue weighted by Crippen LogP contribution is -2.39. The van der Waals surface area contributed by atoms with Gasteiger partial charge >= 0.3 is 0 Å². The van der Waals surface area contributed by atoms with Gasteiger partial charge < -0.3 is 4.42 Å². The van der Waals surface area contributed by atoms with Crippen LogP contribution < -0.4 is 10.9 Å². The normalized spacial score (nSPS) is 16.4. The molecule has 1 unspecified atom stereocenters. The van der Waals surface area contributed by atoms with Gasteiger partial charge in [-0.05, 0) is 24.1 Å². The summed E-state index contributed by atoms with van der Waals surface area (Å²) >= 11 is 6.68. The Morgan fingerprint density at radius 1 is 1.09 bits per heavy atom. The van der Waals surface area contributed by atoms with E-state index in [0.29, 0.717) is 28.5 Å². The van der Waals surface area contributed by atoms with Crippen molar-refractivity contribution in [2.75, 3.05) is 0 Å². The second-order valence-corrected chi connectivity index (χ2v) is 7.92. The van der Waals surface area contributed by atoms with Crippen molar-refractivity contribution in [1.82, 2.24) is 9.88 Å². The van der Waals surface area contributed by atoms with Crippen LogP contribution in [0.1, 0.15) is 24.3 Å². The van der Waals surface area contributed by atoms with Gasteiger partial charge in [0, 0.05) is 41.3 Å². The summed E-state index contributed by atoms with van der Waals surface area (Å²) in [7, 11) is 0. The van der Waals surface area contributed by atoms with Crippen LogP contribution in [-0.2, 0) is 9.59 Å². The fourth-order valence-electron chi connectivity index (χ4n) is 4.17. The maximum absolute atomic E-state index is 15.5. The molecule has 160 valence electrons. The van der Waals surface area contributed by atoms with Crippen molar-refractivity contribution in [3.63, 3.8) is 0 Å². The van der Waals surface area contributed by atoms with E-state index in [4.69, 9.17) is 16.0 Å². The molecule has 6 nitrogen and oxygen atoms in total. The molecular formula is C24H16ClFN2O4. The third kappa shape index (κ3) is 3.22. The van der Waals surface area contributed by atoms with Crippen molar-refractivity contribution in [2.24, 2.45) is 0 Å². The van der Waals surface area contributed by atoms with Crippen molar-refractivity contribution in [2.45, 2.75) is 18.8 Å². The van der Waals surface area contributed by atoms with Gasteiger partial charge in [-0.25, -0.2) is 4.39 Å². The van der Waals surface area contributed by atoms with Crippen molar-refractivity contribution in [1.29, 1.82) is 0 Å². The molecule has 0 aliphatic carbocycles. The number of imide groups is 1. The first-order valence-electron chi connectivity index (χ1n) is 9.96. The largest absolute Gasteiger partial charge is 0.462 e. The molecule has 2 amide bonds. The molecule has 1 aliphatic heterocycles. The molecule has 8 heteroatoms. The maximum Gasteiger partial charge on any atom is 0.255 e. The molecule has 0 bridgehead atoms. The van der Waals surface area contributed by atoms with E-state index in [9.17, 15) is 14.4 Å². The van der Waals surface area contributed by atoms with Crippen molar-refractivity contribution in [3.05, 3.63) is 87.7 Å². The highest BCUT2D eigenvalue weighted by Crippen LogP contribution is 2.42. The molecule has 5 rings (SSSR count). The van der Waals surface area contributed by atoms with Crippen LogP contribution in [-0.4, -0.2) is 16.4 Å². The molecule has 1 atom stereocenters. The first-order chi connectivity index (χ1) is 15.5. The summed E-state index contributed by atoms with van der Waals surface area (Å²) in [6, 6.07) is 12.6. The molecule has 0 radical (unpaired) electrons. The first-order valence-corrected chi connectivity index (χ1v) is 10.3. The quantitative estimate of drug-likeness (QED) is 0.464. The van der Waals surface area contributed by atoms with Crippen LogP contribution in [0.15, 0.2) is 70.2 Å². The van der Waals surface area contributed by atoms with E-state index in [1.165, 1.54) is 29.2 Å². The van der Waals surface area contributed by atoms with E-state index in [1.54, 1.807) is 36.4 Å². The van der Waals surface area contributed by atoms with Gasteiger partial charge in [0.2, 0.25) is 11.8 Å². The van der Waals surface area contributed by atoms with E-state index >= 15 is 4.39 Å². The predicted octanol–water partition coefficient (Wildman–Crippen LogP) is 4.56. The number of fused-ring (bicyclic) bond motifs is 1. The van der Waals surface area contributed by atoms with Gasteiger partial charge in [-0.15, -0.1) is 0 Å². The Morgan fingerprint density at radius 3 is 2.72 bits per heavy atom. The molecule has 3 heterocycles. The lowest BCUT2D eigenvalue weighted by atomic mass is 9.88. The monoisotopic (exact) mass is 450 g/mol. The molecule has 2 aromatic carbocycles. The minimum absolute atomic E-state index is 0.206. The number of amides is 2. The molecule has 1 N–H and O–H groups in total. The number of rotatable bonds is 3. The standard InChI is InChI=1S/C24H16ClFN2O4/c25-22-13(14-7-8-19(29)27-24(14)31)4-3-5-15(22)21-16-9-11-32-23(16)18(12-17(21)26)28-10-2-1-6-20(28)30/h1-6,9-12,14H,7-8H2,(H,27,29,31). The van der Waals surface area contributed by atoms with E-state index in [0.717, 1.165) is 0 Å². The highest BCUT2D eigenvalue weighted by molar-refractivity contribution is 6.35. The highest BCUT2D eigenvalue weighted by Gasteiger charge is 2.31. The number of hydrogen-bond acceptors (Lipinski definition) is 4. The third-order valence-electron chi connectivity index (χ3n) is 5.66. The average Bonchev–Trinajstić information content (AvgIpc) is 3.25. The Bertz CT molecular complexity index is 1460. The van der Waals surface area contributed by atoms with Gasteiger partial charge in [0.05, 0.1) is 22.9 Å². The zero-order chi connectivity index (χ0) is 22.4. The van der Waals surface area contributed by atoms with Crippen LogP contribution in [0, 0.1) is 5.82 Å². The molecule has 1 fully saturated rings. The fraction of sp³-hybridized carbons (Fsp3) is 0.125. The van der Waals surface area contributed by atoms with Gasteiger partial charge in [0.1, 0.15) is 5.82 Å². The summed E-state index contributed by atoms with van der Waals surface area (Å²) in [6.07, 6.45) is 3.49. The van der Waals surface area contributed by atoms with E-state index < -0.39 is 17.6 Å². The zero-order valence-electron chi connectivity index (χ0n) is 16.6. The fourth-order valence-corrected chi connectivity index (χ4v) is 4.52. The van der Waals surface area contributed by atoms with Crippen molar-refractivity contribution >= 4 is 34.4 Å². The van der Waals surface area contributed by atoms with Gasteiger partial charge in [-0.3, -0.25) is 24.3 Å². The topological polar surface area (TPSA) is 81.3 Å². The van der Waals surface area contributed by atoms with Gasteiger partial charge in [0.15, 0.2) is 5.58 Å². The number of carbonyl (C=O) groups excluding carboxylic acids is 2. The number of furan rings is 1. The molecule has 0 spiro atoms. The van der Waals surface area contributed by atoms with Crippen LogP contribution in [0.4, 0.5) is 4.39 Å². The first kappa shape index (κ1) is 20.2. The SMILES string of the molecule is O=C1CCC(c2cccc(-c3c(F)cc(-n4ccccc4=O)c4occc34)c2Cl)C(=O)N1. The Labute approximate surface area is 186 Å². The number of piperidine rings is 1. The molecule has 2 aromatic heterocycles. The second-order valence-electron chi connectivity index (χ2n) is 7.54. The molecular weight excluding hydrogens is 435 g/mol. The maximum atomic E-state index is 15.5. The summed E-state index contributed by atoms with van der Waals surface area (Å²) in [5, 5.41) is 3.00. The Morgan fingerprint density at radius 2 is 1.94 bits per heavy atom. The van der Waals surface area contributed by atoms with Crippen molar-refractivity contribution < 1.29 is 18.4 Å². The van der Waals surface area contributed by atoms with Gasteiger partial charge in [0.25, 0.3) is 5.56 Å². The lowest BCUT2D eigenvalue weighted by Gasteiger charge is -2.23. The lowest BCUT2D eigenvalue weighted by molar-refractivity contribution is -0.134. The molecule has 0 saturated carbocycles. The Balaban J connectivity index is 1.70. The zero-order valence-corrected chi connectivity index (χ0v) is 17.4. The number of nitrogens with zero attached hydrogens (tertiary/aromatic N) is 1. The molecule has 1 aliphatic rings. The third-order valence-corrected chi connectivity index (χ3v) is 6.09. The Hall–Kier alpha value is -3.71. The number of pyridine rings is 1. The number of carbonyl (C=O) groups is 2. The smallest absolute Gasteiger partial charge is 0.255 e. The van der Waals surface area contributed by atoms with E-state index in [2.05, 4.69) is 5.32 Å². The summed E-state index contributed by atoms with van der Waals surface area (Å²) in [5.74, 6) is -1.94. The molecule has 4 aromatic rings.